The van der Waals surface area contributed by atoms with Gasteiger partial charge in [-0.05, 0) is 44.0 Å². The van der Waals surface area contributed by atoms with Crippen molar-refractivity contribution in [2.24, 2.45) is 5.92 Å². The highest BCUT2D eigenvalue weighted by Crippen LogP contribution is 2.41. The number of hydrogen-bond donors (Lipinski definition) is 1. The second kappa shape index (κ2) is 3.65. The maximum atomic E-state index is 13.4. The fourth-order valence-corrected chi connectivity index (χ4v) is 1.83. The van der Waals surface area contributed by atoms with Crippen molar-refractivity contribution in [2.45, 2.75) is 18.9 Å². The van der Waals surface area contributed by atoms with Crippen LogP contribution < -0.4 is 5.32 Å². The average Bonchev–Trinajstić information content (AvgIpc) is 2.96. The Bertz CT molecular complexity index is 334. The zero-order valence-corrected chi connectivity index (χ0v) is 8.06. The van der Waals surface area contributed by atoms with Crippen LogP contribution in [0.15, 0.2) is 18.2 Å². The molecule has 2 rings (SSSR count). The maximum Gasteiger partial charge on any atom is 0.128 e. The van der Waals surface area contributed by atoms with E-state index >= 15 is 0 Å². The van der Waals surface area contributed by atoms with Gasteiger partial charge in [0.15, 0.2) is 0 Å². The Hall–Kier alpha value is -0.960. The molecule has 1 saturated carbocycles. The molecule has 0 spiro atoms. The Balaban J connectivity index is 2.32. The van der Waals surface area contributed by atoms with E-state index in [0.29, 0.717) is 11.5 Å². The molecule has 1 N–H and O–H groups in total. The number of benzene rings is 1. The molecular weight excluding hydrogens is 184 g/mol. The predicted octanol–water partition coefficient (Wildman–Crippen LogP) is 2.64. The SMILES string of the molecule is CNC(c1cc(F)ccc1F)C1CC1. The highest BCUT2D eigenvalue weighted by Gasteiger charge is 2.32. The quantitative estimate of drug-likeness (QED) is 0.785. The molecule has 0 radical (unpaired) electrons. The molecule has 1 atom stereocenters. The van der Waals surface area contributed by atoms with Crippen molar-refractivity contribution in [3.05, 3.63) is 35.4 Å². The minimum atomic E-state index is -0.373. The average molecular weight is 197 g/mol. The second-order valence-electron chi connectivity index (χ2n) is 3.77. The minimum absolute atomic E-state index is 0.0364. The number of halogens is 2. The van der Waals surface area contributed by atoms with Gasteiger partial charge in [-0.15, -0.1) is 0 Å². The molecule has 1 aromatic carbocycles. The number of nitrogens with one attached hydrogen (secondary N) is 1. The van der Waals surface area contributed by atoms with E-state index in [-0.39, 0.29) is 17.7 Å². The van der Waals surface area contributed by atoms with Crippen molar-refractivity contribution >= 4 is 0 Å². The van der Waals surface area contributed by atoms with E-state index in [1.165, 1.54) is 12.1 Å². The van der Waals surface area contributed by atoms with Crippen LogP contribution in [0.1, 0.15) is 24.4 Å². The Labute approximate surface area is 82.1 Å². The first kappa shape index (κ1) is 9.59. The van der Waals surface area contributed by atoms with Crippen LogP contribution in [-0.2, 0) is 0 Å². The van der Waals surface area contributed by atoms with Gasteiger partial charge >= 0.3 is 0 Å². The molecule has 1 aromatic rings. The lowest BCUT2D eigenvalue weighted by Gasteiger charge is -2.16. The topological polar surface area (TPSA) is 12.0 Å². The first-order valence-electron chi connectivity index (χ1n) is 4.84. The van der Waals surface area contributed by atoms with Crippen LogP contribution in [0.5, 0.6) is 0 Å². The molecule has 0 heterocycles. The highest BCUT2D eigenvalue weighted by molar-refractivity contribution is 5.24. The molecule has 3 heteroatoms. The molecule has 1 aliphatic rings. The van der Waals surface area contributed by atoms with Crippen LogP contribution in [0.3, 0.4) is 0 Å². The summed E-state index contributed by atoms with van der Waals surface area (Å²) >= 11 is 0. The summed E-state index contributed by atoms with van der Waals surface area (Å²) in [6.07, 6.45) is 2.20. The van der Waals surface area contributed by atoms with Crippen LogP contribution in [0.25, 0.3) is 0 Å². The lowest BCUT2D eigenvalue weighted by atomic mass is 10.0. The maximum absolute atomic E-state index is 13.4. The third-order valence-corrected chi connectivity index (χ3v) is 2.70. The molecule has 0 bridgehead atoms. The van der Waals surface area contributed by atoms with Crippen LogP contribution in [0.2, 0.25) is 0 Å². The molecule has 14 heavy (non-hydrogen) atoms. The monoisotopic (exact) mass is 197 g/mol. The molecule has 0 aromatic heterocycles. The third kappa shape index (κ3) is 1.77. The first-order valence-corrected chi connectivity index (χ1v) is 4.84. The molecule has 1 unspecified atom stereocenters. The number of hydrogen-bond acceptors (Lipinski definition) is 1. The molecular formula is C11H13F2N. The van der Waals surface area contributed by atoms with Crippen LogP contribution >= 0.6 is 0 Å². The molecule has 0 amide bonds. The van der Waals surface area contributed by atoms with E-state index in [9.17, 15) is 8.78 Å². The summed E-state index contributed by atoms with van der Waals surface area (Å²) in [4.78, 5) is 0. The van der Waals surface area contributed by atoms with Gasteiger partial charge in [0, 0.05) is 11.6 Å². The lowest BCUT2D eigenvalue weighted by molar-refractivity contribution is 0.486. The zero-order chi connectivity index (χ0) is 10.1. The molecule has 0 saturated heterocycles. The van der Waals surface area contributed by atoms with Gasteiger partial charge in [-0.2, -0.15) is 0 Å². The van der Waals surface area contributed by atoms with Gasteiger partial charge in [0.1, 0.15) is 11.6 Å². The Morgan fingerprint density at radius 3 is 2.64 bits per heavy atom. The predicted molar refractivity (Wildman–Crippen MR) is 50.9 cm³/mol. The molecule has 1 aliphatic carbocycles. The van der Waals surface area contributed by atoms with Crippen LogP contribution in [0.4, 0.5) is 8.78 Å². The van der Waals surface area contributed by atoms with Gasteiger partial charge in [-0.3, -0.25) is 0 Å². The summed E-state index contributed by atoms with van der Waals surface area (Å²) in [5.41, 5.74) is 0.454. The molecule has 76 valence electrons. The largest absolute Gasteiger partial charge is 0.313 e. The minimum Gasteiger partial charge on any atom is -0.313 e. The van der Waals surface area contributed by atoms with Crippen molar-refractivity contribution in [3.63, 3.8) is 0 Å². The van der Waals surface area contributed by atoms with Crippen molar-refractivity contribution in [3.8, 4) is 0 Å². The first-order chi connectivity index (χ1) is 6.72. The Kier molecular flexibility index (Phi) is 2.50. The molecule has 0 aliphatic heterocycles. The summed E-state index contributed by atoms with van der Waals surface area (Å²) in [6.45, 7) is 0. The van der Waals surface area contributed by atoms with Crippen molar-refractivity contribution in [2.75, 3.05) is 7.05 Å². The summed E-state index contributed by atoms with van der Waals surface area (Å²) < 4.78 is 26.3. The smallest absolute Gasteiger partial charge is 0.128 e. The second-order valence-corrected chi connectivity index (χ2v) is 3.77. The zero-order valence-electron chi connectivity index (χ0n) is 8.06. The third-order valence-electron chi connectivity index (χ3n) is 2.70. The van der Waals surface area contributed by atoms with E-state index in [1.54, 1.807) is 7.05 Å². The van der Waals surface area contributed by atoms with Gasteiger partial charge in [0.05, 0.1) is 0 Å². The van der Waals surface area contributed by atoms with Gasteiger partial charge in [-0.25, -0.2) is 8.78 Å². The Morgan fingerprint density at radius 2 is 2.07 bits per heavy atom. The fraction of sp³-hybridized carbons (Fsp3) is 0.455. The molecule has 1 fully saturated rings. The van der Waals surface area contributed by atoms with Gasteiger partial charge in [0.2, 0.25) is 0 Å². The fourth-order valence-electron chi connectivity index (χ4n) is 1.83. The van der Waals surface area contributed by atoms with Gasteiger partial charge < -0.3 is 5.32 Å². The van der Waals surface area contributed by atoms with Crippen LogP contribution in [0, 0.1) is 17.6 Å². The van der Waals surface area contributed by atoms with Crippen molar-refractivity contribution < 1.29 is 8.78 Å². The lowest BCUT2D eigenvalue weighted by Crippen LogP contribution is -2.19. The van der Waals surface area contributed by atoms with Crippen molar-refractivity contribution in [1.82, 2.24) is 5.32 Å². The van der Waals surface area contributed by atoms with Gasteiger partial charge in [0.25, 0.3) is 0 Å². The van der Waals surface area contributed by atoms with E-state index in [1.807, 2.05) is 0 Å². The van der Waals surface area contributed by atoms with E-state index in [2.05, 4.69) is 5.32 Å². The van der Waals surface area contributed by atoms with E-state index < -0.39 is 0 Å². The molecule has 1 nitrogen and oxygen atoms in total. The summed E-state index contributed by atoms with van der Waals surface area (Å²) in [5.74, 6) is -0.226. The normalized spacial score (nSPS) is 18.2. The standard InChI is InChI=1S/C11H13F2N/c1-14-11(7-2-3-7)9-6-8(12)4-5-10(9)13/h4-7,11,14H,2-3H2,1H3. The van der Waals surface area contributed by atoms with Crippen LogP contribution in [-0.4, -0.2) is 7.05 Å². The summed E-state index contributed by atoms with van der Waals surface area (Å²) in [5, 5.41) is 3.04. The number of rotatable bonds is 3. The van der Waals surface area contributed by atoms with Gasteiger partial charge in [-0.1, -0.05) is 0 Å². The van der Waals surface area contributed by atoms with Crippen molar-refractivity contribution in [1.29, 1.82) is 0 Å². The van der Waals surface area contributed by atoms with E-state index in [0.717, 1.165) is 18.9 Å². The summed E-state index contributed by atoms with van der Waals surface area (Å²) in [6, 6.07) is 3.59. The van der Waals surface area contributed by atoms with E-state index in [4.69, 9.17) is 0 Å². The Morgan fingerprint density at radius 1 is 1.36 bits per heavy atom. The highest BCUT2D eigenvalue weighted by atomic mass is 19.1. The summed E-state index contributed by atoms with van der Waals surface area (Å²) in [7, 11) is 1.79.